The number of hydrogen-bond acceptors (Lipinski definition) is 5. The average Bonchev–Trinajstić information content (AvgIpc) is 2.90. The van der Waals surface area contributed by atoms with Crippen LogP contribution < -0.4 is 0 Å². The zero-order valence-electron chi connectivity index (χ0n) is 10.3. The van der Waals surface area contributed by atoms with Crippen molar-refractivity contribution in [1.82, 2.24) is 0 Å². The van der Waals surface area contributed by atoms with Crippen molar-refractivity contribution in [3.63, 3.8) is 0 Å². The van der Waals surface area contributed by atoms with Crippen LogP contribution in [0.25, 0.3) is 0 Å². The maximum absolute atomic E-state index is 9.67. The maximum atomic E-state index is 9.67. The van der Waals surface area contributed by atoms with Crippen molar-refractivity contribution in [2.24, 2.45) is 5.92 Å². The average molecular weight is 272 g/mol. The lowest BCUT2D eigenvalue weighted by Gasteiger charge is -2.28. The Morgan fingerprint density at radius 3 is 2.63 bits per heavy atom. The van der Waals surface area contributed by atoms with Crippen LogP contribution in [0.15, 0.2) is 35.1 Å². The van der Waals surface area contributed by atoms with Gasteiger partial charge >= 0.3 is 0 Å². The lowest BCUT2D eigenvalue weighted by molar-refractivity contribution is 0.306. The number of aliphatic hydroxyl groups is 2. The Bertz CT molecular complexity index is 645. The van der Waals surface area contributed by atoms with E-state index in [2.05, 4.69) is 6.07 Å². The summed E-state index contributed by atoms with van der Waals surface area (Å²) in [4.78, 5) is 0.703. The summed E-state index contributed by atoms with van der Waals surface area (Å²) >= 11 is 1.39. The van der Waals surface area contributed by atoms with Crippen LogP contribution in [0, 0.1) is 28.6 Å². The molecule has 0 saturated heterocycles. The number of aryl methyl sites for hydroxylation is 1. The summed E-state index contributed by atoms with van der Waals surface area (Å²) in [5.74, 6) is -1.54. The van der Waals surface area contributed by atoms with Crippen LogP contribution >= 0.6 is 11.3 Å². The Kier molecular flexibility index (Phi) is 3.33. The third-order valence-electron chi connectivity index (χ3n) is 3.24. The highest BCUT2D eigenvalue weighted by molar-refractivity contribution is 7.10. The van der Waals surface area contributed by atoms with Crippen LogP contribution in [0.2, 0.25) is 0 Å². The normalized spacial score (nSPS) is 25.9. The van der Waals surface area contributed by atoms with E-state index in [1.165, 1.54) is 23.5 Å². The van der Waals surface area contributed by atoms with Crippen molar-refractivity contribution in [3.8, 4) is 12.1 Å². The Morgan fingerprint density at radius 1 is 1.37 bits per heavy atom. The largest absolute Gasteiger partial charge is 0.504 e. The molecule has 1 heterocycles. The highest BCUT2D eigenvalue weighted by Crippen LogP contribution is 2.42. The minimum absolute atomic E-state index is 0.357. The van der Waals surface area contributed by atoms with Crippen LogP contribution in [-0.4, -0.2) is 10.2 Å². The Morgan fingerprint density at radius 2 is 2.11 bits per heavy atom. The monoisotopic (exact) mass is 272 g/mol. The molecule has 2 rings (SSSR count). The molecule has 0 bridgehead atoms. The van der Waals surface area contributed by atoms with Crippen LogP contribution in [0.5, 0.6) is 0 Å². The fourth-order valence-corrected chi connectivity index (χ4v) is 3.21. The summed E-state index contributed by atoms with van der Waals surface area (Å²) in [5, 5.41) is 39.8. The summed E-state index contributed by atoms with van der Waals surface area (Å²) in [6.45, 7) is 2.01. The zero-order chi connectivity index (χ0) is 14.0. The van der Waals surface area contributed by atoms with Gasteiger partial charge in [-0.2, -0.15) is 10.5 Å². The summed E-state index contributed by atoms with van der Waals surface area (Å²) in [6, 6.07) is 6.01. The molecule has 1 aliphatic rings. The van der Waals surface area contributed by atoms with E-state index < -0.39 is 11.3 Å². The second-order valence-corrected chi connectivity index (χ2v) is 5.25. The first-order valence-electron chi connectivity index (χ1n) is 5.79. The zero-order valence-corrected chi connectivity index (χ0v) is 11.1. The van der Waals surface area contributed by atoms with Gasteiger partial charge in [0.15, 0.2) is 11.5 Å². The van der Waals surface area contributed by atoms with Gasteiger partial charge in [-0.15, -0.1) is 11.3 Å². The van der Waals surface area contributed by atoms with Gasteiger partial charge in [0.2, 0.25) is 0 Å². The number of nitriles is 2. The van der Waals surface area contributed by atoms with E-state index in [4.69, 9.17) is 0 Å². The molecule has 0 amide bonds. The molecule has 0 radical (unpaired) electrons. The molecule has 2 N–H and O–H groups in total. The number of nitrogens with zero attached hydrogens (tertiary/aromatic N) is 2. The molecule has 1 aromatic rings. The summed E-state index contributed by atoms with van der Waals surface area (Å²) in [7, 11) is 0. The molecule has 2 unspecified atom stereocenters. The molecule has 2 atom stereocenters. The first-order valence-corrected chi connectivity index (χ1v) is 6.67. The van der Waals surface area contributed by atoms with Gasteiger partial charge in [-0.25, -0.2) is 0 Å². The minimum Gasteiger partial charge on any atom is -0.504 e. The van der Waals surface area contributed by atoms with Crippen molar-refractivity contribution in [2.45, 2.75) is 18.8 Å². The maximum Gasteiger partial charge on any atom is 0.155 e. The van der Waals surface area contributed by atoms with Crippen molar-refractivity contribution < 1.29 is 10.2 Å². The lowest BCUT2D eigenvalue weighted by Crippen LogP contribution is -2.32. The second kappa shape index (κ2) is 4.79. The van der Waals surface area contributed by atoms with Gasteiger partial charge in [0.25, 0.3) is 0 Å². The number of thiophene rings is 1. The standard InChI is InChI=1S/C14H12N2O2S/c1-2-9-3-13(19-7-9)14(8-16)5-12(18)11(17)4-10(14)6-15/h3-5,7,10,17-18H,2H2,1H3. The number of aliphatic hydroxyl groups excluding tert-OH is 2. The van der Waals surface area contributed by atoms with Crippen LogP contribution in [-0.2, 0) is 11.8 Å². The van der Waals surface area contributed by atoms with E-state index >= 15 is 0 Å². The number of hydrogen-bond donors (Lipinski definition) is 2. The van der Waals surface area contributed by atoms with Gasteiger partial charge in [-0.1, -0.05) is 6.92 Å². The van der Waals surface area contributed by atoms with Gasteiger partial charge in [-0.05, 0) is 35.6 Å². The van der Waals surface area contributed by atoms with Crippen molar-refractivity contribution >= 4 is 11.3 Å². The molecule has 96 valence electrons. The van der Waals surface area contributed by atoms with E-state index in [0.717, 1.165) is 12.0 Å². The fraction of sp³-hybridized carbons (Fsp3) is 0.286. The van der Waals surface area contributed by atoms with E-state index in [9.17, 15) is 20.7 Å². The molecule has 0 saturated carbocycles. The molecule has 0 aromatic carbocycles. The fourth-order valence-electron chi connectivity index (χ4n) is 2.05. The van der Waals surface area contributed by atoms with E-state index in [1.54, 1.807) is 0 Å². The molecule has 19 heavy (non-hydrogen) atoms. The molecule has 0 aliphatic heterocycles. The Labute approximate surface area is 115 Å². The van der Waals surface area contributed by atoms with Gasteiger partial charge in [0, 0.05) is 4.88 Å². The number of allylic oxidation sites excluding steroid dienone is 2. The first-order chi connectivity index (χ1) is 9.07. The highest BCUT2D eigenvalue weighted by atomic mass is 32.1. The predicted molar refractivity (Wildman–Crippen MR) is 71.5 cm³/mol. The molecule has 1 aromatic heterocycles. The molecular formula is C14H12N2O2S. The molecule has 4 nitrogen and oxygen atoms in total. The second-order valence-electron chi connectivity index (χ2n) is 4.34. The topological polar surface area (TPSA) is 88.0 Å². The van der Waals surface area contributed by atoms with Gasteiger partial charge in [0.05, 0.1) is 18.1 Å². The van der Waals surface area contributed by atoms with Crippen molar-refractivity contribution in [1.29, 1.82) is 10.5 Å². The molecule has 5 heteroatoms. The third kappa shape index (κ3) is 1.99. The smallest absolute Gasteiger partial charge is 0.155 e. The lowest BCUT2D eigenvalue weighted by atomic mass is 9.72. The SMILES string of the molecule is CCc1csc(C2(C#N)C=C(O)C(O)=CC2C#N)c1. The third-order valence-corrected chi connectivity index (χ3v) is 4.37. The molecular weight excluding hydrogens is 260 g/mol. The minimum atomic E-state index is -1.23. The summed E-state index contributed by atoms with van der Waals surface area (Å²) in [5.41, 5.74) is -0.152. The van der Waals surface area contributed by atoms with Gasteiger partial charge in [-0.3, -0.25) is 0 Å². The van der Waals surface area contributed by atoms with Gasteiger partial charge in [0.1, 0.15) is 5.41 Å². The number of rotatable bonds is 2. The first kappa shape index (κ1) is 13.2. The molecule has 1 aliphatic carbocycles. The van der Waals surface area contributed by atoms with E-state index in [0.29, 0.717) is 4.88 Å². The van der Waals surface area contributed by atoms with Crippen LogP contribution in [0.1, 0.15) is 17.4 Å². The van der Waals surface area contributed by atoms with Crippen LogP contribution in [0.3, 0.4) is 0 Å². The Balaban J connectivity index is 2.60. The quantitative estimate of drug-likeness (QED) is 0.865. The predicted octanol–water partition coefficient (Wildman–Crippen LogP) is 3.11. The highest BCUT2D eigenvalue weighted by Gasteiger charge is 2.43. The molecule has 0 spiro atoms. The molecule has 0 fully saturated rings. The Hall–Kier alpha value is -2.24. The van der Waals surface area contributed by atoms with Crippen molar-refractivity contribution in [2.75, 3.05) is 0 Å². The van der Waals surface area contributed by atoms with Crippen molar-refractivity contribution in [3.05, 3.63) is 45.6 Å². The van der Waals surface area contributed by atoms with E-state index in [1.807, 2.05) is 24.4 Å². The van der Waals surface area contributed by atoms with Gasteiger partial charge < -0.3 is 10.2 Å². The summed E-state index contributed by atoms with van der Waals surface area (Å²) < 4.78 is 0. The van der Waals surface area contributed by atoms with Crippen LogP contribution in [0.4, 0.5) is 0 Å². The van der Waals surface area contributed by atoms with E-state index in [-0.39, 0.29) is 11.5 Å². The summed E-state index contributed by atoms with van der Waals surface area (Å²) in [6.07, 6.45) is 3.33.